The van der Waals surface area contributed by atoms with E-state index in [1.54, 1.807) is 29.2 Å². The molecule has 4 rings (SSSR count). The van der Waals surface area contributed by atoms with Crippen LogP contribution in [0, 0.1) is 0 Å². The van der Waals surface area contributed by atoms with Crippen LogP contribution in [0.5, 0.6) is 0 Å². The fourth-order valence-corrected chi connectivity index (χ4v) is 3.31. The lowest BCUT2D eigenvalue weighted by atomic mass is 9.93. The summed E-state index contributed by atoms with van der Waals surface area (Å²) in [5, 5.41) is 9.42. The van der Waals surface area contributed by atoms with Gasteiger partial charge in [-0.05, 0) is 31.1 Å². The van der Waals surface area contributed by atoms with Crippen molar-refractivity contribution < 1.29 is 23.8 Å². The van der Waals surface area contributed by atoms with Gasteiger partial charge in [-0.3, -0.25) is 9.59 Å². The first-order valence-corrected chi connectivity index (χ1v) is 9.58. The number of allylic oxidation sites excluding steroid dienone is 1. The molecule has 1 N–H and O–H groups in total. The summed E-state index contributed by atoms with van der Waals surface area (Å²) in [6.45, 7) is 1.94. The number of para-hydroxylation sites is 1. The topological polar surface area (TPSA) is 89.0 Å². The van der Waals surface area contributed by atoms with E-state index in [2.05, 4.69) is 0 Å². The van der Waals surface area contributed by atoms with Crippen LogP contribution in [0.3, 0.4) is 0 Å². The summed E-state index contributed by atoms with van der Waals surface area (Å²) in [7, 11) is 0. The van der Waals surface area contributed by atoms with E-state index in [4.69, 9.17) is 19.0 Å². The van der Waals surface area contributed by atoms with Crippen molar-refractivity contribution in [2.45, 2.75) is 31.5 Å². The van der Waals surface area contributed by atoms with Crippen LogP contribution in [0.15, 0.2) is 51.6 Å². The van der Waals surface area contributed by atoms with Crippen molar-refractivity contribution in [3.63, 3.8) is 0 Å². The van der Waals surface area contributed by atoms with Gasteiger partial charge in [0, 0.05) is 37.6 Å². The molecule has 28 heavy (non-hydrogen) atoms. The van der Waals surface area contributed by atoms with Gasteiger partial charge in [-0.1, -0.05) is 12.1 Å². The Morgan fingerprint density at radius 1 is 1.25 bits per heavy atom. The molecule has 1 aromatic carbocycles. The minimum atomic E-state index is -0.626. The third-order valence-corrected chi connectivity index (χ3v) is 4.96. The minimum absolute atomic E-state index is 0.105. The Hall–Kier alpha value is -2.64. The van der Waals surface area contributed by atoms with Crippen LogP contribution in [0.1, 0.15) is 30.7 Å². The number of benzene rings is 1. The normalized spacial score (nSPS) is 21.3. The second kappa shape index (κ2) is 8.16. The van der Waals surface area contributed by atoms with Crippen LogP contribution < -0.4 is 5.43 Å². The maximum Gasteiger partial charge on any atom is 0.288 e. The van der Waals surface area contributed by atoms with Crippen molar-refractivity contribution >= 4 is 16.9 Å². The standard InChI is InChI=1S/C21H23NO6/c23-9-3-4-10-26-19-12-14(11-18(28-19)21(25)22-7-8-22)16-13-27-17-6-2-1-5-15(17)20(16)24/h1-2,5-6,11,13-14,19,23H,3-4,7-10,12H2/t14-,19+/m0/s1. The van der Waals surface area contributed by atoms with Gasteiger partial charge in [0.1, 0.15) is 5.58 Å². The van der Waals surface area contributed by atoms with Gasteiger partial charge < -0.3 is 23.9 Å². The summed E-state index contributed by atoms with van der Waals surface area (Å²) in [6, 6.07) is 7.10. The highest BCUT2D eigenvalue weighted by atomic mass is 16.7. The number of aliphatic hydroxyl groups is 1. The largest absolute Gasteiger partial charge is 0.464 e. The Kier molecular flexibility index (Phi) is 5.45. The molecule has 0 aliphatic carbocycles. The molecule has 0 unspecified atom stereocenters. The Morgan fingerprint density at radius 3 is 2.86 bits per heavy atom. The Labute approximate surface area is 162 Å². The molecule has 3 heterocycles. The molecule has 7 heteroatoms. The van der Waals surface area contributed by atoms with Gasteiger partial charge in [0.15, 0.2) is 11.2 Å². The Balaban J connectivity index is 1.62. The summed E-state index contributed by atoms with van der Waals surface area (Å²) in [4.78, 5) is 27.1. The molecule has 1 fully saturated rings. The first-order chi connectivity index (χ1) is 13.7. The molecular formula is C21H23NO6. The number of hydrogen-bond donors (Lipinski definition) is 1. The fraction of sp³-hybridized carbons (Fsp3) is 0.429. The van der Waals surface area contributed by atoms with Crippen LogP contribution in [-0.2, 0) is 14.3 Å². The van der Waals surface area contributed by atoms with Crippen LogP contribution >= 0.6 is 0 Å². The molecule has 0 bridgehead atoms. The van der Waals surface area contributed by atoms with Crippen molar-refractivity contribution in [3.05, 3.63) is 58.2 Å². The number of unbranched alkanes of at least 4 members (excludes halogenated alkanes) is 1. The first kappa shape index (κ1) is 18.7. The second-order valence-corrected chi connectivity index (χ2v) is 7.03. The molecule has 0 radical (unpaired) electrons. The van der Waals surface area contributed by atoms with Crippen molar-refractivity contribution in [2.75, 3.05) is 26.3 Å². The van der Waals surface area contributed by atoms with Crippen molar-refractivity contribution in [1.82, 2.24) is 4.90 Å². The monoisotopic (exact) mass is 385 g/mol. The molecule has 1 saturated heterocycles. The van der Waals surface area contributed by atoms with Gasteiger partial charge in [0.05, 0.1) is 18.3 Å². The predicted molar refractivity (Wildman–Crippen MR) is 102 cm³/mol. The highest BCUT2D eigenvalue weighted by molar-refractivity contribution is 5.93. The van der Waals surface area contributed by atoms with Crippen molar-refractivity contribution in [3.8, 4) is 0 Å². The quantitative estimate of drug-likeness (QED) is 0.580. The zero-order chi connectivity index (χ0) is 19.5. The average Bonchev–Trinajstić information content (AvgIpc) is 3.56. The van der Waals surface area contributed by atoms with E-state index in [-0.39, 0.29) is 29.6 Å². The lowest BCUT2D eigenvalue weighted by molar-refractivity contribution is -0.149. The molecule has 2 aliphatic rings. The van der Waals surface area contributed by atoms with Gasteiger partial charge in [-0.2, -0.15) is 0 Å². The summed E-state index contributed by atoms with van der Waals surface area (Å²) in [5.74, 6) is -0.302. The van der Waals surface area contributed by atoms with Crippen molar-refractivity contribution in [1.29, 1.82) is 0 Å². The highest BCUT2D eigenvalue weighted by Crippen LogP contribution is 2.32. The van der Waals surface area contributed by atoms with Gasteiger partial charge in [-0.15, -0.1) is 0 Å². The van der Waals surface area contributed by atoms with Crippen LogP contribution in [0.2, 0.25) is 0 Å². The number of rotatable bonds is 7. The zero-order valence-corrected chi connectivity index (χ0v) is 15.5. The number of nitrogens with zero attached hydrogens (tertiary/aromatic N) is 1. The fourth-order valence-electron chi connectivity index (χ4n) is 3.31. The molecule has 1 aromatic heterocycles. The SMILES string of the molecule is O=C(C1=C[C@H](c2coc3ccccc3c2=O)C[C@H](OCCCCO)O1)N1CC1. The minimum Gasteiger partial charge on any atom is -0.464 e. The second-order valence-electron chi connectivity index (χ2n) is 7.03. The summed E-state index contributed by atoms with van der Waals surface area (Å²) in [5.41, 5.74) is 0.911. The molecule has 2 atom stereocenters. The number of fused-ring (bicyclic) bond motifs is 1. The first-order valence-electron chi connectivity index (χ1n) is 9.58. The number of carbonyl (C=O) groups is 1. The molecule has 0 saturated carbocycles. The van der Waals surface area contributed by atoms with E-state index in [0.29, 0.717) is 55.5 Å². The molecule has 2 aliphatic heterocycles. The van der Waals surface area contributed by atoms with Gasteiger partial charge in [0.25, 0.3) is 5.91 Å². The van der Waals surface area contributed by atoms with E-state index < -0.39 is 6.29 Å². The summed E-state index contributed by atoms with van der Waals surface area (Å²) >= 11 is 0. The van der Waals surface area contributed by atoms with Crippen molar-refractivity contribution in [2.24, 2.45) is 0 Å². The smallest absolute Gasteiger partial charge is 0.288 e. The zero-order valence-electron chi connectivity index (χ0n) is 15.5. The van der Waals surface area contributed by atoms with E-state index in [0.717, 1.165) is 0 Å². The van der Waals surface area contributed by atoms with Gasteiger partial charge in [-0.25, -0.2) is 0 Å². The third-order valence-electron chi connectivity index (χ3n) is 4.96. The van der Waals surface area contributed by atoms with E-state index >= 15 is 0 Å². The lowest BCUT2D eigenvalue weighted by Gasteiger charge is -2.29. The highest BCUT2D eigenvalue weighted by Gasteiger charge is 2.35. The van der Waals surface area contributed by atoms with Crippen LogP contribution in [0.4, 0.5) is 0 Å². The molecule has 2 aromatic rings. The molecule has 148 valence electrons. The van der Waals surface area contributed by atoms with E-state index in [1.807, 2.05) is 6.07 Å². The lowest BCUT2D eigenvalue weighted by Crippen LogP contribution is -2.30. The number of carbonyl (C=O) groups excluding carboxylic acids is 1. The molecular weight excluding hydrogens is 362 g/mol. The summed E-state index contributed by atoms with van der Waals surface area (Å²) in [6.07, 6.45) is 4.30. The predicted octanol–water partition coefficient (Wildman–Crippen LogP) is 2.14. The van der Waals surface area contributed by atoms with Gasteiger partial charge >= 0.3 is 0 Å². The molecule has 1 amide bonds. The summed E-state index contributed by atoms with van der Waals surface area (Å²) < 4.78 is 17.2. The number of aliphatic hydroxyl groups excluding tert-OH is 1. The number of amides is 1. The Morgan fingerprint density at radius 2 is 2.07 bits per heavy atom. The van der Waals surface area contributed by atoms with Crippen LogP contribution in [-0.4, -0.2) is 48.5 Å². The number of ether oxygens (including phenoxy) is 2. The third kappa shape index (κ3) is 3.95. The maximum atomic E-state index is 13.0. The maximum absolute atomic E-state index is 13.0. The Bertz CT molecular complexity index is 945. The number of hydrogen-bond acceptors (Lipinski definition) is 6. The molecule has 0 spiro atoms. The molecule has 7 nitrogen and oxygen atoms in total. The average molecular weight is 385 g/mol. The van der Waals surface area contributed by atoms with E-state index in [9.17, 15) is 9.59 Å². The van der Waals surface area contributed by atoms with Gasteiger partial charge in [0.2, 0.25) is 6.29 Å². The van der Waals surface area contributed by atoms with Crippen LogP contribution in [0.25, 0.3) is 11.0 Å². The van der Waals surface area contributed by atoms with E-state index in [1.165, 1.54) is 6.26 Å².